The predicted octanol–water partition coefficient (Wildman–Crippen LogP) is 4.33. The molecule has 0 spiro atoms. The van der Waals surface area contributed by atoms with Crippen molar-refractivity contribution in [3.05, 3.63) is 76.2 Å². The minimum absolute atomic E-state index is 0.0892. The number of thioether (sulfide) groups is 1. The highest BCUT2D eigenvalue weighted by Gasteiger charge is 2.28. The van der Waals surface area contributed by atoms with Gasteiger partial charge in [0.25, 0.3) is 5.56 Å². The van der Waals surface area contributed by atoms with Crippen molar-refractivity contribution in [3.8, 4) is 17.1 Å². The van der Waals surface area contributed by atoms with Crippen LogP contribution < -0.4 is 10.5 Å². The number of hydrogen-bond donors (Lipinski definition) is 0. The van der Waals surface area contributed by atoms with Gasteiger partial charge in [-0.3, -0.25) is 9.59 Å². The van der Waals surface area contributed by atoms with Gasteiger partial charge in [-0.05, 0) is 55.9 Å². The van der Waals surface area contributed by atoms with Crippen LogP contribution in [0.15, 0.2) is 64.5 Å². The van der Waals surface area contributed by atoms with Crippen LogP contribution in [-0.2, 0) is 24.2 Å². The molecule has 0 radical (unpaired) electrons. The maximum atomic E-state index is 13.4. The number of aryl methyl sites for hydroxylation is 1. The summed E-state index contributed by atoms with van der Waals surface area (Å²) in [6.07, 6.45) is 5.98. The zero-order chi connectivity index (χ0) is 23.8. The Bertz CT molecular complexity index is 1410. The lowest BCUT2D eigenvalue weighted by atomic mass is 10.0. The minimum atomic E-state index is -0.123. The summed E-state index contributed by atoms with van der Waals surface area (Å²) in [7, 11) is 0. The number of anilines is 1. The normalized spacial score (nSPS) is 15.5. The molecule has 6 rings (SSSR count). The van der Waals surface area contributed by atoms with Gasteiger partial charge < -0.3 is 9.47 Å². The number of rotatable bonds is 4. The summed E-state index contributed by atoms with van der Waals surface area (Å²) in [6, 6.07) is 17.6. The standard InChI is InChI=1S/C27H27N5O2S/c33-23(30-17-9-11-19-10-6-7-14-21(19)30)18-35-27-28-25-24(22-15-5-2-8-16-31(22)27)26(34)32(29-25)20-12-3-1-4-13-20/h1,3-4,6-7,10,12-14H,2,5,8-9,11,15-18H2. The third-order valence-electron chi connectivity index (χ3n) is 6.90. The lowest BCUT2D eigenvalue weighted by Gasteiger charge is -2.29. The molecule has 7 nitrogen and oxygen atoms in total. The summed E-state index contributed by atoms with van der Waals surface area (Å²) in [5, 5.41) is 5.37. The topological polar surface area (TPSA) is 73.0 Å². The Morgan fingerprint density at radius 3 is 2.63 bits per heavy atom. The average molecular weight is 486 g/mol. The maximum Gasteiger partial charge on any atom is 0.284 e. The van der Waals surface area contributed by atoms with Crippen LogP contribution in [0.25, 0.3) is 17.1 Å². The molecule has 0 aliphatic carbocycles. The van der Waals surface area contributed by atoms with Crippen molar-refractivity contribution in [1.29, 1.82) is 0 Å². The fraction of sp³-hybridized carbons (Fsp3) is 0.333. The van der Waals surface area contributed by atoms with Crippen molar-refractivity contribution in [2.75, 3.05) is 17.2 Å². The van der Waals surface area contributed by atoms with Crippen molar-refractivity contribution in [2.45, 2.75) is 50.2 Å². The molecule has 4 aliphatic heterocycles. The van der Waals surface area contributed by atoms with Crippen LogP contribution >= 0.6 is 11.8 Å². The van der Waals surface area contributed by atoms with Crippen LogP contribution in [0.3, 0.4) is 0 Å². The van der Waals surface area contributed by atoms with E-state index in [9.17, 15) is 9.59 Å². The van der Waals surface area contributed by atoms with Gasteiger partial charge in [0.15, 0.2) is 11.0 Å². The van der Waals surface area contributed by atoms with Crippen LogP contribution in [0, 0.1) is 0 Å². The van der Waals surface area contributed by atoms with E-state index in [0.717, 1.165) is 73.8 Å². The largest absolute Gasteiger partial charge is 0.324 e. The maximum absolute atomic E-state index is 13.4. The van der Waals surface area contributed by atoms with Gasteiger partial charge in [-0.15, -0.1) is 5.10 Å². The minimum Gasteiger partial charge on any atom is -0.324 e. The van der Waals surface area contributed by atoms with Gasteiger partial charge in [-0.2, -0.15) is 4.68 Å². The first-order chi connectivity index (χ1) is 17.2. The highest BCUT2D eigenvalue weighted by molar-refractivity contribution is 7.99. The zero-order valence-electron chi connectivity index (χ0n) is 19.5. The lowest BCUT2D eigenvalue weighted by molar-refractivity contribution is -0.116. The molecule has 1 amide bonds. The smallest absolute Gasteiger partial charge is 0.284 e. The highest BCUT2D eigenvalue weighted by atomic mass is 32.2. The van der Waals surface area contributed by atoms with E-state index in [1.807, 2.05) is 53.4 Å². The van der Waals surface area contributed by atoms with Crippen molar-refractivity contribution < 1.29 is 4.79 Å². The molecule has 2 aromatic rings. The number of carbonyl (C=O) groups excluding carboxylic acids is 1. The van der Waals surface area contributed by atoms with Gasteiger partial charge in [0.05, 0.1) is 11.4 Å². The molecule has 8 heteroatoms. The summed E-state index contributed by atoms with van der Waals surface area (Å²) >= 11 is 1.46. The molecule has 0 bridgehead atoms. The zero-order valence-corrected chi connectivity index (χ0v) is 20.3. The molecular weight excluding hydrogens is 458 g/mol. The highest BCUT2D eigenvalue weighted by Crippen LogP contribution is 2.32. The Morgan fingerprint density at radius 1 is 0.914 bits per heavy atom. The number of hydrogen-bond acceptors (Lipinski definition) is 5. The summed E-state index contributed by atoms with van der Waals surface area (Å²) in [5.41, 5.74) is 4.47. The fourth-order valence-corrected chi connectivity index (χ4v) is 6.12. The molecule has 0 aromatic heterocycles. The summed E-state index contributed by atoms with van der Waals surface area (Å²) in [6.45, 7) is 1.55. The molecule has 0 N–H and O–H groups in total. The SMILES string of the molecule is O=C(CSc1nc2nn(-c3ccccc3)c(=O)c-2c2n1CCCCC2)N1CCCc2ccccc21. The fourth-order valence-electron chi connectivity index (χ4n) is 5.20. The van der Waals surface area contributed by atoms with E-state index in [2.05, 4.69) is 15.7 Å². The molecule has 178 valence electrons. The summed E-state index contributed by atoms with van der Waals surface area (Å²) < 4.78 is 3.61. The first kappa shape index (κ1) is 22.1. The second-order valence-electron chi connectivity index (χ2n) is 9.12. The number of carbonyl (C=O) groups is 1. The summed E-state index contributed by atoms with van der Waals surface area (Å²) in [5.74, 6) is 0.854. The number of fused-ring (bicyclic) bond motifs is 4. The van der Waals surface area contributed by atoms with Crippen LogP contribution in [-0.4, -0.2) is 37.5 Å². The predicted molar refractivity (Wildman–Crippen MR) is 138 cm³/mol. The van der Waals surface area contributed by atoms with E-state index in [4.69, 9.17) is 4.98 Å². The Morgan fingerprint density at radius 2 is 1.74 bits per heavy atom. The second-order valence-corrected chi connectivity index (χ2v) is 10.1. The molecular formula is C27H27N5O2S. The van der Waals surface area contributed by atoms with Crippen LogP contribution in [0.4, 0.5) is 5.69 Å². The number of aromatic nitrogens is 4. The van der Waals surface area contributed by atoms with Gasteiger partial charge in [0.2, 0.25) is 5.91 Å². The molecule has 4 heterocycles. The quantitative estimate of drug-likeness (QED) is 0.318. The molecule has 0 saturated carbocycles. The van der Waals surface area contributed by atoms with Crippen molar-refractivity contribution in [3.63, 3.8) is 0 Å². The van der Waals surface area contributed by atoms with E-state index >= 15 is 0 Å². The third-order valence-corrected chi connectivity index (χ3v) is 7.86. The van der Waals surface area contributed by atoms with Gasteiger partial charge in [-0.25, -0.2) is 4.98 Å². The molecule has 0 atom stereocenters. The molecule has 0 unspecified atom stereocenters. The Labute approximate surface area is 208 Å². The third kappa shape index (κ3) is 4.05. The van der Waals surface area contributed by atoms with Gasteiger partial charge in [0, 0.05) is 24.5 Å². The number of benzene rings is 2. The Hall–Kier alpha value is -3.39. The molecule has 4 aliphatic rings. The van der Waals surface area contributed by atoms with Gasteiger partial charge >= 0.3 is 0 Å². The Kier molecular flexibility index (Phi) is 5.90. The van der Waals surface area contributed by atoms with Crippen molar-refractivity contribution in [2.24, 2.45) is 0 Å². The number of nitrogens with zero attached hydrogens (tertiary/aromatic N) is 5. The lowest BCUT2D eigenvalue weighted by Crippen LogP contribution is -2.36. The summed E-state index contributed by atoms with van der Waals surface area (Å²) in [4.78, 5) is 33.4. The van der Waals surface area contributed by atoms with Crippen LogP contribution in [0.1, 0.15) is 36.9 Å². The van der Waals surface area contributed by atoms with E-state index in [0.29, 0.717) is 17.1 Å². The van der Waals surface area contributed by atoms with Crippen LogP contribution in [0.2, 0.25) is 0 Å². The molecule has 35 heavy (non-hydrogen) atoms. The second kappa shape index (κ2) is 9.34. The number of para-hydroxylation sites is 2. The first-order valence-corrected chi connectivity index (χ1v) is 13.3. The Balaban J connectivity index is 1.35. The molecule has 2 aromatic carbocycles. The van der Waals surface area contributed by atoms with E-state index in [1.165, 1.54) is 22.0 Å². The van der Waals surface area contributed by atoms with E-state index in [-0.39, 0.29) is 11.5 Å². The first-order valence-electron chi connectivity index (χ1n) is 12.3. The average Bonchev–Trinajstić information content (AvgIpc) is 3.05. The number of amides is 1. The van der Waals surface area contributed by atoms with Gasteiger partial charge in [0.1, 0.15) is 5.56 Å². The van der Waals surface area contributed by atoms with E-state index in [1.54, 1.807) is 0 Å². The van der Waals surface area contributed by atoms with Crippen molar-refractivity contribution >= 4 is 23.4 Å². The monoisotopic (exact) mass is 485 g/mol. The molecule has 0 fully saturated rings. The van der Waals surface area contributed by atoms with Gasteiger partial charge in [-0.1, -0.05) is 54.6 Å². The van der Waals surface area contributed by atoms with Crippen molar-refractivity contribution in [1.82, 2.24) is 19.3 Å². The van der Waals surface area contributed by atoms with E-state index < -0.39 is 0 Å². The molecule has 0 saturated heterocycles. The van der Waals surface area contributed by atoms with Crippen LogP contribution in [0.5, 0.6) is 0 Å².